The van der Waals surface area contributed by atoms with Crippen LogP contribution in [0.25, 0.3) is 33.6 Å². The van der Waals surface area contributed by atoms with Gasteiger partial charge in [0, 0.05) is 25.6 Å². The van der Waals surface area contributed by atoms with Gasteiger partial charge in [0.25, 0.3) is 5.91 Å². The topological polar surface area (TPSA) is 187 Å². The number of ether oxygens (including phenoxy) is 3. The highest BCUT2D eigenvalue weighted by molar-refractivity contribution is 5.89. The van der Waals surface area contributed by atoms with Crippen molar-refractivity contribution in [2.75, 3.05) is 34.5 Å². The molecular weight excluding hydrogens is 789 g/mol. The van der Waals surface area contributed by atoms with Crippen LogP contribution in [0.2, 0.25) is 0 Å². The summed E-state index contributed by atoms with van der Waals surface area (Å²) in [4.78, 5) is 58.8. The molecule has 2 aromatic carbocycles. The van der Waals surface area contributed by atoms with Crippen LogP contribution < -0.4 is 10.6 Å². The number of amides is 3. The lowest BCUT2D eigenvalue weighted by Gasteiger charge is -2.38. The summed E-state index contributed by atoms with van der Waals surface area (Å²) in [5.74, 6) is 1.14. The van der Waals surface area contributed by atoms with Gasteiger partial charge in [-0.2, -0.15) is 0 Å². The number of H-pyrrole nitrogens is 2. The van der Waals surface area contributed by atoms with Gasteiger partial charge in [-0.05, 0) is 66.9 Å². The van der Waals surface area contributed by atoms with E-state index in [-0.39, 0.29) is 35.9 Å². The van der Waals surface area contributed by atoms with Crippen LogP contribution in [-0.2, 0) is 19.0 Å². The summed E-state index contributed by atoms with van der Waals surface area (Å²) in [6.07, 6.45) is 10.9. The van der Waals surface area contributed by atoms with E-state index in [4.69, 9.17) is 24.2 Å². The number of aromatic nitrogens is 4. The lowest BCUT2D eigenvalue weighted by atomic mass is 10.0. The van der Waals surface area contributed by atoms with E-state index in [1.54, 1.807) is 30.4 Å². The zero-order chi connectivity index (χ0) is 44.5. The summed E-state index contributed by atoms with van der Waals surface area (Å²) < 4.78 is 15.2. The molecule has 3 amide bonds. The first-order valence-corrected chi connectivity index (χ1v) is 21.1. The number of nitrogens with zero attached hydrogens (tertiary/aromatic N) is 4. The Balaban J connectivity index is 1.15. The minimum atomic E-state index is -1.03. The van der Waals surface area contributed by atoms with E-state index in [2.05, 4.69) is 70.5 Å². The van der Waals surface area contributed by atoms with E-state index in [1.807, 2.05) is 56.2 Å². The standard InChI is InChI=1S/C47H60N8O7/c1-9-10-11-12-29(4)41(53-47(59)62-8)44(56)54-26-31(27-60-6)23-39(54)43-49-25-37(51-43)35-20-16-33(17-21-35)32-14-18-34(19-15-32)36-24-48-42(50-36)38-22-13-30(5)55(38)45(57)40(28(2)3)52-46(58)61-7/h9-12,14-21,24-25,28,30-31,38-41,45,57H,4,13,22-23,26-27H2,1-3,5-8H3,(H,48,50)(H,49,51)(H,52,58)(H,53,59). The van der Waals surface area contributed by atoms with Gasteiger partial charge in [-0.3, -0.25) is 9.69 Å². The zero-order valence-electron chi connectivity index (χ0n) is 36.6. The van der Waals surface area contributed by atoms with Crippen LogP contribution in [0.3, 0.4) is 0 Å². The van der Waals surface area contributed by atoms with Crippen LogP contribution in [0.4, 0.5) is 9.59 Å². The number of rotatable bonds is 16. The van der Waals surface area contributed by atoms with Gasteiger partial charge >= 0.3 is 12.2 Å². The van der Waals surface area contributed by atoms with Crippen molar-refractivity contribution in [1.82, 2.24) is 40.4 Å². The molecule has 2 aliphatic heterocycles. The SMILES string of the molecule is C=C(C=CC=CC)C(NC(=O)OC)C(=O)N1CC(COC)CC1c1ncc(-c2ccc(-c3ccc(-c4cnc(C5CCC(C)N5C(O)C(NC(=O)OC)C(C)C)[nH]4)cc3)cc2)[nH]1. The first kappa shape index (κ1) is 45.5. The molecule has 6 rings (SSSR count). The van der Waals surface area contributed by atoms with Crippen LogP contribution in [0.5, 0.6) is 0 Å². The van der Waals surface area contributed by atoms with E-state index in [1.165, 1.54) is 14.2 Å². The third-order valence-electron chi connectivity index (χ3n) is 11.8. The molecule has 15 heteroatoms. The molecule has 5 N–H and O–H groups in total. The van der Waals surface area contributed by atoms with Crippen LogP contribution >= 0.6 is 0 Å². The summed E-state index contributed by atoms with van der Waals surface area (Å²) in [6.45, 7) is 12.9. The molecule has 0 saturated carbocycles. The smallest absolute Gasteiger partial charge is 0.407 e. The fraction of sp³-hybridized carbons (Fsp3) is 0.426. The maximum atomic E-state index is 14.2. The summed E-state index contributed by atoms with van der Waals surface area (Å²) in [5, 5.41) is 17.0. The normalized spacial score (nSPS) is 20.8. The number of carbonyl (C=O) groups is 3. The van der Waals surface area contributed by atoms with Crippen LogP contribution in [0.15, 0.2) is 97.4 Å². The molecule has 15 nitrogen and oxygen atoms in total. The Morgan fingerprint density at radius 3 is 1.94 bits per heavy atom. The minimum absolute atomic E-state index is 0.0270. The summed E-state index contributed by atoms with van der Waals surface area (Å²) >= 11 is 0. The highest BCUT2D eigenvalue weighted by atomic mass is 16.5. The highest BCUT2D eigenvalue weighted by Crippen LogP contribution is 2.39. The highest BCUT2D eigenvalue weighted by Gasteiger charge is 2.43. The lowest BCUT2D eigenvalue weighted by molar-refractivity contribution is -0.133. The Kier molecular flexibility index (Phi) is 15.2. The van der Waals surface area contributed by atoms with Crippen LogP contribution in [0, 0.1) is 11.8 Å². The first-order chi connectivity index (χ1) is 29.9. The number of benzene rings is 2. The first-order valence-electron chi connectivity index (χ1n) is 21.1. The van der Waals surface area contributed by atoms with Gasteiger partial charge in [0.1, 0.15) is 23.9 Å². The number of methoxy groups -OCH3 is 3. The molecular formula is C47H60N8O7. The van der Waals surface area contributed by atoms with Crippen molar-refractivity contribution in [2.45, 2.75) is 83.4 Å². The van der Waals surface area contributed by atoms with E-state index >= 15 is 0 Å². The minimum Gasteiger partial charge on any atom is -0.453 e. The van der Waals surface area contributed by atoms with E-state index in [9.17, 15) is 19.5 Å². The fourth-order valence-electron chi connectivity index (χ4n) is 8.51. The van der Waals surface area contributed by atoms with Gasteiger partial charge in [-0.15, -0.1) is 0 Å². The molecule has 0 aliphatic carbocycles. The Morgan fingerprint density at radius 1 is 0.855 bits per heavy atom. The Hall–Kier alpha value is -6.03. The Labute approximate surface area is 363 Å². The van der Waals surface area contributed by atoms with Gasteiger partial charge in [0.2, 0.25) is 0 Å². The fourth-order valence-corrected chi connectivity index (χ4v) is 8.51. The monoisotopic (exact) mass is 848 g/mol. The van der Waals surface area contributed by atoms with Gasteiger partial charge in [-0.25, -0.2) is 19.6 Å². The Bertz CT molecular complexity index is 2210. The number of hydrogen-bond acceptors (Lipinski definition) is 10. The molecule has 7 atom stereocenters. The molecule has 0 bridgehead atoms. The summed E-state index contributed by atoms with van der Waals surface area (Å²) in [7, 11) is 4.22. The third-order valence-corrected chi connectivity index (χ3v) is 11.8. The van der Waals surface area contributed by atoms with Crippen molar-refractivity contribution in [3.05, 3.63) is 109 Å². The molecule has 7 unspecified atom stereocenters. The number of carbonyl (C=O) groups excluding carboxylic acids is 3. The zero-order valence-corrected chi connectivity index (χ0v) is 36.6. The lowest BCUT2D eigenvalue weighted by Crippen LogP contribution is -2.55. The van der Waals surface area contributed by atoms with Crippen molar-refractivity contribution >= 4 is 18.1 Å². The molecule has 2 fully saturated rings. The number of imidazole rings is 2. The molecule has 4 heterocycles. The summed E-state index contributed by atoms with van der Waals surface area (Å²) in [5.41, 5.74) is 6.10. The number of alkyl carbamates (subject to hydrolysis) is 2. The number of aromatic amines is 2. The Morgan fingerprint density at radius 2 is 1.40 bits per heavy atom. The molecule has 2 aromatic heterocycles. The van der Waals surface area contributed by atoms with Crippen molar-refractivity contribution in [3.63, 3.8) is 0 Å². The van der Waals surface area contributed by atoms with Gasteiger partial charge in [-0.1, -0.05) is 93.3 Å². The van der Waals surface area contributed by atoms with Crippen LogP contribution in [0.1, 0.15) is 70.7 Å². The third kappa shape index (κ3) is 10.3. The van der Waals surface area contributed by atoms with Crippen molar-refractivity contribution < 1.29 is 33.7 Å². The molecule has 0 spiro atoms. The van der Waals surface area contributed by atoms with Gasteiger partial charge in [0.15, 0.2) is 0 Å². The predicted octanol–water partition coefficient (Wildman–Crippen LogP) is 7.31. The van der Waals surface area contributed by atoms with Crippen molar-refractivity contribution in [1.29, 1.82) is 0 Å². The van der Waals surface area contributed by atoms with Crippen LogP contribution in [-0.4, -0.2) is 112 Å². The second-order valence-corrected chi connectivity index (χ2v) is 16.3. The molecule has 2 saturated heterocycles. The van der Waals surface area contributed by atoms with E-state index < -0.39 is 30.5 Å². The van der Waals surface area contributed by atoms with Gasteiger partial charge < -0.3 is 44.8 Å². The largest absolute Gasteiger partial charge is 0.453 e. The number of hydrogen-bond donors (Lipinski definition) is 5. The van der Waals surface area contributed by atoms with E-state index in [0.717, 1.165) is 52.3 Å². The molecule has 0 radical (unpaired) electrons. The van der Waals surface area contributed by atoms with Crippen molar-refractivity contribution in [3.8, 4) is 33.6 Å². The second kappa shape index (κ2) is 20.7. The molecule has 4 aromatic rings. The number of likely N-dealkylation sites (tertiary alicyclic amines) is 2. The predicted molar refractivity (Wildman–Crippen MR) is 237 cm³/mol. The number of aliphatic hydroxyl groups is 1. The number of allylic oxidation sites excluding steroid dienone is 3. The van der Waals surface area contributed by atoms with Gasteiger partial charge in [0.05, 0.1) is 62.7 Å². The second-order valence-electron chi connectivity index (χ2n) is 16.3. The number of aliphatic hydroxyl groups excluding tert-OH is 1. The van der Waals surface area contributed by atoms with Crippen molar-refractivity contribution in [2.24, 2.45) is 11.8 Å². The average molecular weight is 849 g/mol. The quantitative estimate of drug-likeness (QED) is 0.0716. The molecule has 62 heavy (non-hydrogen) atoms. The molecule has 2 aliphatic rings. The van der Waals surface area contributed by atoms with E-state index in [0.29, 0.717) is 31.0 Å². The maximum Gasteiger partial charge on any atom is 0.407 e. The number of nitrogens with one attached hydrogen (secondary N) is 4. The summed E-state index contributed by atoms with van der Waals surface area (Å²) in [6, 6.07) is 14.5. The molecule has 330 valence electrons. The maximum absolute atomic E-state index is 14.2. The average Bonchev–Trinajstić information content (AvgIpc) is 4.11.